The molecule has 19 heavy (non-hydrogen) atoms. The molecule has 1 aliphatic rings. The van der Waals surface area contributed by atoms with E-state index in [0.717, 1.165) is 43.7 Å². The SMILES string of the molecule is COC(=O)C1CCCN(Cc2cccnc2CN)C1. The number of likely N-dealkylation sites (tertiary alicyclic amines) is 1. The average Bonchev–Trinajstić information content (AvgIpc) is 2.47. The molecule has 2 heterocycles. The van der Waals surface area contributed by atoms with Crippen LogP contribution < -0.4 is 5.73 Å². The van der Waals surface area contributed by atoms with E-state index in [4.69, 9.17) is 10.5 Å². The highest BCUT2D eigenvalue weighted by molar-refractivity contribution is 5.72. The number of hydrogen-bond acceptors (Lipinski definition) is 5. The van der Waals surface area contributed by atoms with E-state index in [2.05, 4.69) is 16.0 Å². The lowest BCUT2D eigenvalue weighted by Crippen LogP contribution is -2.38. The zero-order chi connectivity index (χ0) is 13.7. The maximum absolute atomic E-state index is 11.6. The smallest absolute Gasteiger partial charge is 0.309 e. The molecule has 5 nitrogen and oxygen atoms in total. The van der Waals surface area contributed by atoms with Crippen LogP contribution >= 0.6 is 0 Å². The van der Waals surface area contributed by atoms with Crippen molar-refractivity contribution in [3.05, 3.63) is 29.6 Å². The summed E-state index contributed by atoms with van der Waals surface area (Å²) >= 11 is 0. The monoisotopic (exact) mass is 263 g/mol. The van der Waals surface area contributed by atoms with E-state index in [9.17, 15) is 4.79 Å². The van der Waals surface area contributed by atoms with Gasteiger partial charge < -0.3 is 10.5 Å². The number of hydrogen-bond donors (Lipinski definition) is 1. The summed E-state index contributed by atoms with van der Waals surface area (Å²) in [4.78, 5) is 18.2. The van der Waals surface area contributed by atoms with Gasteiger partial charge in [0.15, 0.2) is 0 Å². The molecule has 1 aliphatic heterocycles. The van der Waals surface area contributed by atoms with Crippen molar-refractivity contribution in [1.82, 2.24) is 9.88 Å². The molecule has 0 radical (unpaired) electrons. The maximum Gasteiger partial charge on any atom is 0.309 e. The summed E-state index contributed by atoms with van der Waals surface area (Å²) in [6, 6.07) is 3.98. The third-order valence-electron chi connectivity index (χ3n) is 3.61. The van der Waals surface area contributed by atoms with Crippen LogP contribution in [0, 0.1) is 5.92 Å². The molecule has 1 fully saturated rings. The van der Waals surface area contributed by atoms with E-state index in [-0.39, 0.29) is 11.9 Å². The third kappa shape index (κ3) is 3.52. The van der Waals surface area contributed by atoms with Gasteiger partial charge in [-0.3, -0.25) is 14.7 Å². The second-order valence-corrected chi connectivity index (χ2v) is 4.91. The highest BCUT2D eigenvalue weighted by Crippen LogP contribution is 2.20. The number of esters is 1. The molecule has 5 heteroatoms. The van der Waals surface area contributed by atoms with E-state index >= 15 is 0 Å². The first-order chi connectivity index (χ1) is 9.24. The zero-order valence-electron chi connectivity index (χ0n) is 11.3. The molecule has 0 aromatic carbocycles. The molecule has 1 unspecified atom stereocenters. The lowest BCUT2D eigenvalue weighted by atomic mass is 9.97. The van der Waals surface area contributed by atoms with Gasteiger partial charge in [-0.2, -0.15) is 0 Å². The largest absolute Gasteiger partial charge is 0.469 e. The van der Waals surface area contributed by atoms with Gasteiger partial charge in [-0.15, -0.1) is 0 Å². The fourth-order valence-electron chi connectivity index (χ4n) is 2.60. The number of pyridine rings is 1. The van der Waals surface area contributed by atoms with Gasteiger partial charge in [-0.05, 0) is 31.0 Å². The van der Waals surface area contributed by atoms with Crippen LogP contribution in [0.3, 0.4) is 0 Å². The van der Waals surface area contributed by atoms with E-state index in [1.807, 2.05) is 6.07 Å². The van der Waals surface area contributed by atoms with Gasteiger partial charge in [0.1, 0.15) is 0 Å². The topological polar surface area (TPSA) is 68.5 Å². The van der Waals surface area contributed by atoms with Crippen molar-refractivity contribution in [2.24, 2.45) is 11.7 Å². The van der Waals surface area contributed by atoms with Crippen molar-refractivity contribution in [3.63, 3.8) is 0 Å². The van der Waals surface area contributed by atoms with E-state index in [1.54, 1.807) is 6.20 Å². The Labute approximate surface area is 113 Å². The minimum atomic E-state index is -0.102. The van der Waals surface area contributed by atoms with Crippen LogP contribution in [0.2, 0.25) is 0 Å². The summed E-state index contributed by atoms with van der Waals surface area (Å²) < 4.78 is 4.84. The number of rotatable bonds is 4. The van der Waals surface area contributed by atoms with Gasteiger partial charge >= 0.3 is 5.97 Å². The summed E-state index contributed by atoms with van der Waals surface area (Å²) in [7, 11) is 1.45. The number of nitrogens with two attached hydrogens (primary N) is 1. The van der Waals surface area contributed by atoms with Gasteiger partial charge in [0.25, 0.3) is 0 Å². The van der Waals surface area contributed by atoms with Crippen LogP contribution in [0.4, 0.5) is 0 Å². The molecule has 0 amide bonds. The van der Waals surface area contributed by atoms with Crippen LogP contribution in [0.5, 0.6) is 0 Å². The molecule has 1 aromatic heterocycles. The number of piperidine rings is 1. The average molecular weight is 263 g/mol. The van der Waals surface area contributed by atoms with Crippen LogP contribution in [0.25, 0.3) is 0 Å². The lowest BCUT2D eigenvalue weighted by Gasteiger charge is -2.31. The van der Waals surface area contributed by atoms with Gasteiger partial charge in [0, 0.05) is 25.8 Å². The molecule has 1 atom stereocenters. The Bertz CT molecular complexity index is 436. The fraction of sp³-hybridized carbons (Fsp3) is 0.571. The summed E-state index contributed by atoms with van der Waals surface area (Å²) in [6.45, 7) is 3.01. The zero-order valence-corrected chi connectivity index (χ0v) is 11.3. The van der Waals surface area contributed by atoms with Crippen molar-refractivity contribution in [2.45, 2.75) is 25.9 Å². The third-order valence-corrected chi connectivity index (χ3v) is 3.61. The molecular formula is C14H21N3O2. The number of methoxy groups -OCH3 is 1. The molecule has 104 valence electrons. The minimum absolute atomic E-state index is 0.00301. The second kappa shape index (κ2) is 6.63. The molecule has 1 saturated heterocycles. The summed E-state index contributed by atoms with van der Waals surface area (Å²) in [6.07, 6.45) is 3.71. The lowest BCUT2D eigenvalue weighted by molar-refractivity contribution is -0.147. The number of nitrogens with zero attached hydrogens (tertiary/aromatic N) is 2. The Morgan fingerprint density at radius 2 is 2.47 bits per heavy atom. The Balaban J connectivity index is 2.00. The van der Waals surface area contributed by atoms with Crippen molar-refractivity contribution < 1.29 is 9.53 Å². The normalized spacial score (nSPS) is 20.2. The van der Waals surface area contributed by atoms with Crippen LogP contribution in [-0.4, -0.2) is 36.1 Å². The molecule has 0 saturated carbocycles. The number of carbonyl (C=O) groups excluding carboxylic acids is 1. The molecule has 0 aliphatic carbocycles. The summed E-state index contributed by atoms with van der Waals surface area (Å²) in [5.41, 5.74) is 7.78. The Morgan fingerprint density at radius 3 is 3.21 bits per heavy atom. The minimum Gasteiger partial charge on any atom is -0.469 e. The van der Waals surface area contributed by atoms with Crippen LogP contribution in [0.1, 0.15) is 24.1 Å². The Morgan fingerprint density at radius 1 is 1.63 bits per heavy atom. The summed E-state index contributed by atoms with van der Waals surface area (Å²) in [5, 5.41) is 0. The van der Waals surface area contributed by atoms with Crippen molar-refractivity contribution in [3.8, 4) is 0 Å². The molecule has 2 rings (SSSR count). The van der Waals surface area contributed by atoms with E-state index in [1.165, 1.54) is 7.11 Å². The van der Waals surface area contributed by atoms with Gasteiger partial charge in [0.2, 0.25) is 0 Å². The van der Waals surface area contributed by atoms with E-state index in [0.29, 0.717) is 6.54 Å². The molecule has 0 spiro atoms. The van der Waals surface area contributed by atoms with Crippen LogP contribution in [-0.2, 0) is 22.6 Å². The predicted octanol–water partition coefficient (Wildman–Crippen LogP) is 0.925. The quantitative estimate of drug-likeness (QED) is 0.818. The summed E-state index contributed by atoms with van der Waals surface area (Å²) in [5.74, 6) is -0.105. The van der Waals surface area contributed by atoms with Gasteiger partial charge in [-0.1, -0.05) is 6.07 Å². The first-order valence-electron chi connectivity index (χ1n) is 6.67. The fourth-order valence-corrected chi connectivity index (χ4v) is 2.60. The van der Waals surface area contributed by atoms with Crippen molar-refractivity contribution in [2.75, 3.05) is 20.2 Å². The molecule has 2 N–H and O–H groups in total. The standard InChI is InChI=1S/C14H21N3O2/c1-19-14(18)12-5-3-7-17(10-12)9-11-4-2-6-16-13(11)8-15/h2,4,6,12H,3,5,7-10,15H2,1H3. The van der Waals surface area contributed by atoms with Gasteiger partial charge in [0.05, 0.1) is 18.7 Å². The van der Waals surface area contributed by atoms with Crippen LogP contribution in [0.15, 0.2) is 18.3 Å². The number of carbonyl (C=O) groups is 1. The Kier molecular flexibility index (Phi) is 4.87. The second-order valence-electron chi connectivity index (χ2n) is 4.91. The predicted molar refractivity (Wildman–Crippen MR) is 72.1 cm³/mol. The maximum atomic E-state index is 11.6. The molecular weight excluding hydrogens is 242 g/mol. The first-order valence-corrected chi connectivity index (χ1v) is 6.67. The molecule has 0 bridgehead atoms. The number of ether oxygens (including phenoxy) is 1. The van der Waals surface area contributed by atoms with E-state index < -0.39 is 0 Å². The number of aromatic nitrogens is 1. The van der Waals surface area contributed by atoms with Crippen molar-refractivity contribution in [1.29, 1.82) is 0 Å². The Hall–Kier alpha value is -1.46. The highest BCUT2D eigenvalue weighted by atomic mass is 16.5. The van der Waals surface area contributed by atoms with Crippen molar-refractivity contribution >= 4 is 5.97 Å². The van der Waals surface area contributed by atoms with Gasteiger partial charge in [-0.25, -0.2) is 0 Å². The highest BCUT2D eigenvalue weighted by Gasteiger charge is 2.26. The molecule has 1 aromatic rings. The first kappa shape index (κ1) is 14.0.